The SMILES string of the molecule is CCC(CC(=O)c1csc(Cl)c1)NC(=O)OC(C)(C)C. The largest absolute Gasteiger partial charge is 0.444 e. The van der Waals surface area contributed by atoms with Gasteiger partial charge in [-0.25, -0.2) is 4.79 Å². The maximum atomic E-state index is 12.0. The number of ketones is 1. The van der Waals surface area contributed by atoms with E-state index in [9.17, 15) is 9.59 Å². The van der Waals surface area contributed by atoms with Gasteiger partial charge >= 0.3 is 6.09 Å². The highest BCUT2D eigenvalue weighted by Crippen LogP contribution is 2.21. The minimum atomic E-state index is -0.548. The van der Waals surface area contributed by atoms with E-state index in [2.05, 4.69) is 5.32 Å². The fourth-order valence-corrected chi connectivity index (χ4v) is 2.45. The van der Waals surface area contributed by atoms with Crippen LogP contribution in [0.1, 0.15) is 50.9 Å². The van der Waals surface area contributed by atoms with Gasteiger partial charge in [0.25, 0.3) is 0 Å². The Labute approximate surface area is 128 Å². The average Bonchev–Trinajstić information content (AvgIpc) is 2.72. The second-order valence-electron chi connectivity index (χ2n) is 5.52. The van der Waals surface area contributed by atoms with Crippen molar-refractivity contribution in [3.63, 3.8) is 0 Å². The van der Waals surface area contributed by atoms with E-state index in [0.29, 0.717) is 16.3 Å². The lowest BCUT2D eigenvalue weighted by molar-refractivity contribution is 0.0500. The number of hydrogen-bond donors (Lipinski definition) is 1. The summed E-state index contributed by atoms with van der Waals surface area (Å²) in [7, 11) is 0. The van der Waals surface area contributed by atoms with Crippen LogP contribution in [0, 0.1) is 0 Å². The Hall–Kier alpha value is -1.07. The summed E-state index contributed by atoms with van der Waals surface area (Å²) in [4.78, 5) is 23.7. The summed E-state index contributed by atoms with van der Waals surface area (Å²) >= 11 is 7.13. The summed E-state index contributed by atoms with van der Waals surface area (Å²) < 4.78 is 5.77. The maximum absolute atomic E-state index is 12.0. The van der Waals surface area contributed by atoms with E-state index < -0.39 is 11.7 Å². The molecule has 0 radical (unpaired) electrons. The molecule has 0 saturated carbocycles. The number of halogens is 1. The van der Waals surface area contributed by atoms with Crippen molar-refractivity contribution in [3.05, 3.63) is 21.3 Å². The lowest BCUT2D eigenvalue weighted by Crippen LogP contribution is -2.39. The van der Waals surface area contributed by atoms with E-state index >= 15 is 0 Å². The van der Waals surface area contributed by atoms with Crippen LogP contribution in [-0.4, -0.2) is 23.5 Å². The Balaban J connectivity index is 2.55. The van der Waals surface area contributed by atoms with Crippen molar-refractivity contribution < 1.29 is 14.3 Å². The standard InChI is InChI=1S/C14H20ClNO3S/c1-5-10(16-13(18)19-14(2,3)4)7-11(17)9-6-12(15)20-8-9/h6,8,10H,5,7H2,1-4H3,(H,16,18). The molecule has 1 atom stereocenters. The van der Waals surface area contributed by atoms with Crippen molar-refractivity contribution in [2.75, 3.05) is 0 Å². The molecule has 0 fully saturated rings. The molecular formula is C14H20ClNO3S. The van der Waals surface area contributed by atoms with Crippen molar-refractivity contribution in [2.45, 2.75) is 52.2 Å². The number of hydrogen-bond acceptors (Lipinski definition) is 4. The number of rotatable bonds is 5. The van der Waals surface area contributed by atoms with Crippen LogP contribution in [0.3, 0.4) is 0 Å². The highest BCUT2D eigenvalue weighted by atomic mass is 35.5. The smallest absolute Gasteiger partial charge is 0.407 e. The predicted molar refractivity (Wildman–Crippen MR) is 81.7 cm³/mol. The molecule has 1 aromatic rings. The van der Waals surface area contributed by atoms with Gasteiger partial charge in [-0.15, -0.1) is 11.3 Å². The van der Waals surface area contributed by atoms with E-state index in [1.807, 2.05) is 6.92 Å². The van der Waals surface area contributed by atoms with Crippen LogP contribution in [0.25, 0.3) is 0 Å². The summed E-state index contributed by atoms with van der Waals surface area (Å²) in [6.07, 6.45) is 0.395. The van der Waals surface area contributed by atoms with E-state index in [1.54, 1.807) is 32.2 Å². The molecule has 1 aromatic heterocycles. The lowest BCUT2D eigenvalue weighted by atomic mass is 10.0. The van der Waals surface area contributed by atoms with E-state index in [4.69, 9.17) is 16.3 Å². The van der Waals surface area contributed by atoms with Crippen LogP contribution in [0.2, 0.25) is 4.34 Å². The zero-order valence-electron chi connectivity index (χ0n) is 12.2. The number of carbonyl (C=O) groups is 2. The van der Waals surface area contributed by atoms with Crippen LogP contribution in [0.15, 0.2) is 11.4 Å². The molecule has 4 nitrogen and oxygen atoms in total. The summed E-state index contributed by atoms with van der Waals surface area (Å²) in [5.74, 6) is -0.0314. The summed E-state index contributed by atoms with van der Waals surface area (Å²) in [6, 6.07) is 1.41. The molecule has 6 heteroatoms. The number of thiophene rings is 1. The maximum Gasteiger partial charge on any atom is 0.407 e. The molecule has 0 aromatic carbocycles. The zero-order chi connectivity index (χ0) is 15.3. The Morgan fingerprint density at radius 2 is 2.10 bits per heavy atom. The molecule has 1 unspecified atom stereocenters. The molecule has 0 saturated heterocycles. The molecule has 1 rings (SSSR count). The van der Waals surface area contributed by atoms with Crippen LogP contribution in [-0.2, 0) is 4.74 Å². The second-order valence-corrected chi connectivity index (χ2v) is 7.06. The number of ether oxygens (including phenoxy) is 1. The van der Waals surface area contributed by atoms with Gasteiger partial charge in [0.1, 0.15) is 5.60 Å². The van der Waals surface area contributed by atoms with Crippen LogP contribution in [0.5, 0.6) is 0 Å². The minimum absolute atomic E-state index is 0.0314. The molecule has 0 aliphatic heterocycles. The first-order chi connectivity index (χ1) is 9.21. The first-order valence-corrected chi connectivity index (χ1v) is 7.73. The Morgan fingerprint density at radius 1 is 1.45 bits per heavy atom. The van der Waals surface area contributed by atoms with Crippen molar-refractivity contribution in [2.24, 2.45) is 0 Å². The van der Waals surface area contributed by atoms with Crippen molar-refractivity contribution in [3.8, 4) is 0 Å². The number of alkyl carbamates (subject to hydrolysis) is 1. The van der Waals surface area contributed by atoms with Crippen molar-refractivity contribution in [1.82, 2.24) is 5.32 Å². The quantitative estimate of drug-likeness (QED) is 0.825. The third-order valence-electron chi connectivity index (χ3n) is 2.53. The van der Waals surface area contributed by atoms with E-state index in [0.717, 1.165) is 0 Å². The summed E-state index contributed by atoms with van der Waals surface area (Å²) in [5.41, 5.74) is 0.0391. The monoisotopic (exact) mass is 317 g/mol. The Kier molecular flexibility index (Phi) is 6.02. The van der Waals surface area contributed by atoms with Crippen LogP contribution >= 0.6 is 22.9 Å². The third kappa shape index (κ3) is 5.92. The molecule has 20 heavy (non-hydrogen) atoms. The summed E-state index contributed by atoms with van der Waals surface area (Å²) in [5, 5.41) is 4.45. The first kappa shape index (κ1) is 17.0. The highest BCUT2D eigenvalue weighted by molar-refractivity contribution is 7.14. The number of carbonyl (C=O) groups excluding carboxylic acids is 2. The summed E-state index contributed by atoms with van der Waals surface area (Å²) in [6.45, 7) is 7.31. The van der Waals surface area contributed by atoms with Crippen molar-refractivity contribution >= 4 is 34.8 Å². The van der Waals surface area contributed by atoms with Crippen LogP contribution < -0.4 is 5.32 Å². The molecule has 0 spiro atoms. The molecular weight excluding hydrogens is 298 g/mol. The van der Waals surface area contributed by atoms with Gasteiger partial charge in [-0.05, 0) is 33.3 Å². The predicted octanol–water partition coefficient (Wildman–Crippen LogP) is 4.28. The average molecular weight is 318 g/mol. The number of nitrogens with one attached hydrogen (secondary N) is 1. The van der Waals surface area contributed by atoms with Gasteiger partial charge in [-0.3, -0.25) is 4.79 Å². The number of Topliss-reactive ketones (excluding diaryl/α,β-unsaturated/α-hetero) is 1. The first-order valence-electron chi connectivity index (χ1n) is 6.48. The molecule has 1 heterocycles. The fourth-order valence-electron chi connectivity index (χ4n) is 1.57. The van der Waals surface area contributed by atoms with Gasteiger partial charge in [0.2, 0.25) is 0 Å². The molecule has 0 aliphatic rings. The van der Waals surface area contributed by atoms with Gasteiger partial charge in [-0.2, -0.15) is 0 Å². The molecule has 112 valence electrons. The van der Waals surface area contributed by atoms with Gasteiger partial charge in [0, 0.05) is 23.4 Å². The molecule has 1 amide bonds. The normalized spacial score (nSPS) is 12.8. The molecule has 0 bridgehead atoms. The Morgan fingerprint density at radius 3 is 2.55 bits per heavy atom. The fraction of sp³-hybridized carbons (Fsp3) is 0.571. The van der Waals surface area contributed by atoms with Crippen molar-refractivity contribution in [1.29, 1.82) is 0 Å². The van der Waals surface area contributed by atoms with Gasteiger partial charge in [0.05, 0.1) is 4.34 Å². The lowest BCUT2D eigenvalue weighted by Gasteiger charge is -2.22. The number of amides is 1. The zero-order valence-corrected chi connectivity index (χ0v) is 13.7. The highest BCUT2D eigenvalue weighted by Gasteiger charge is 2.21. The molecule has 1 N–H and O–H groups in total. The second kappa shape index (κ2) is 7.09. The van der Waals surface area contributed by atoms with E-state index in [1.165, 1.54) is 11.3 Å². The Bertz CT molecular complexity index is 479. The third-order valence-corrected chi connectivity index (χ3v) is 3.63. The van der Waals surface area contributed by atoms with Gasteiger partial charge in [-0.1, -0.05) is 18.5 Å². The van der Waals surface area contributed by atoms with Gasteiger partial charge < -0.3 is 10.1 Å². The van der Waals surface area contributed by atoms with Gasteiger partial charge in [0.15, 0.2) is 5.78 Å². The topological polar surface area (TPSA) is 55.4 Å². The molecule has 0 aliphatic carbocycles. The minimum Gasteiger partial charge on any atom is -0.444 e. The van der Waals surface area contributed by atoms with Crippen LogP contribution in [0.4, 0.5) is 4.79 Å². The van der Waals surface area contributed by atoms with E-state index in [-0.39, 0.29) is 18.2 Å².